The van der Waals surface area contributed by atoms with Crippen molar-refractivity contribution in [3.05, 3.63) is 211 Å². The number of nitrogens with zero attached hydrogens (tertiary/aromatic N) is 4. The average molecular weight is 665 g/mol. The summed E-state index contributed by atoms with van der Waals surface area (Å²) in [6.45, 7) is 8.58. The molecule has 1 unspecified atom stereocenters. The van der Waals surface area contributed by atoms with Gasteiger partial charge in [0.15, 0.2) is 5.82 Å². The zero-order chi connectivity index (χ0) is 34.8. The fourth-order valence-electron chi connectivity index (χ4n) is 8.42. The average Bonchev–Trinajstić information content (AvgIpc) is 3.84. The van der Waals surface area contributed by atoms with Crippen LogP contribution in [0.25, 0.3) is 67.3 Å². The Kier molecular flexibility index (Phi) is 6.67. The first-order chi connectivity index (χ1) is 25.7. The summed E-state index contributed by atoms with van der Waals surface area (Å²) in [5.74, 6) is 1.65. The summed E-state index contributed by atoms with van der Waals surface area (Å²) in [6.07, 6.45) is 3.97. The highest BCUT2D eigenvalue weighted by atomic mass is 15.1. The van der Waals surface area contributed by atoms with Crippen LogP contribution in [0.15, 0.2) is 189 Å². The molecular formula is C48H32N4. The van der Waals surface area contributed by atoms with Crippen molar-refractivity contribution in [3.8, 4) is 50.7 Å². The molecule has 0 bridgehead atoms. The van der Waals surface area contributed by atoms with Gasteiger partial charge in [-0.15, -0.1) is 0 Å². The fraction of sp³-hybridized carbons (Fsp3) is 0.0208. The maximum Gasteiger partial charge on any atom is 0.160 e. The first kappa shape index (κ1) is 30.0. The third kappa shape index (κ3) is 4.18. The van der Waals surface area contributed by atoms with Crippen molar-refractivity contribution >= 4 is 16.6 Å². The standard InChI is InChI=1S/C48H32N4/c1-3-35-37-23-11-12-25-39(37)48(38(35)4-2)40-26-13-14-28-44(40)52-45-36(24-16-27-41(45)51-47(48)52)33-21-15-22-34(29-33)46-49-42(31-17-7-5-8-18-31)30-43(50-46)32-19-9-6-10-20-32/h3-30H,1-2H2. The van der Waals surface area contributed by atoms with Gasteiger partial charge in [0, 0.05) is 22.3 Å². The van der Waals surface area contributed by atoms with E-state index in [4.69, 9.17) is 15.0 Å². The molecule has 4 nitrogen and oxygen atoms in total. The third-order valence-electron chi connectivity index (χ3n) is 10.6. The van der Waals surface area contributed by atoms with Crippen LogP contribution in [0, 0.1) is 0 Å². The van der Waals surface area contributed by atoms with Gasteiger partial charge in [0.25, 0.3) is 0 Å². The Balaban J connectivity index is 1.20. The molecule has 3 heterocycles. The third-order valence-corrected chi connectivity index (χ3v) is 10.6. The molecule has 10 rings (SSSR count). The van der Waals surface area contributed by atoms with Gasteiger partial charge in [0.05, 0.1) is 28.1 Å². The fourth-order valence-corrected chi connectivity index (χ4v) is 8.42. The van der Waals surface area contributed by atoms with Crippen LogP contribution in [-0.2, 0) is 5.41 Å². The molecule has 244 valence electrons. The molecule has 8 aromatic rings. The lowest BCUT2D eigenvalue weighted by atomic mass is 9.72. The van der Waals surface area contributed by atoms with E-state index in [1.807, 2.05) is 48.6 Å². The molecule has 2 aromatic heterocycles. The van der Waals surface area contributed by atoms with Crippen LogP contribution < -0.4 is 0 Å². The Morgan fingerprint density at radius 3 is 1.81 bits per heavy atom. The molecule has 1 atom stereocenters. The van der Waals surface area contributed by atoms with Crippen LogP contribution in [0.3, 0.4) is 0 Å². The lowest BCUT2D eigenvalue weighted by Crippen LogP contribution is -2.27. The summed E-state index contributed by atoms with van der Waals surface area (Å²) in [7, 11) is 0. The largest absolute Gasteiger partial charge is 0.294 e. The van der Waals surface area contributed by atoms with Gasteiger partial charge in [-0.1, -0.05) is 159 Å². The number of allylic oxidation sites excluding steroid dienone is 4. The molecule has 52 heavy (non-hydrogen) atoms. The topological polar surface area (TPSA) is 43.6 Å². The summed E-state index contributed by atoms with van der Waals surface area (Å²) in [5.41, 5.74) is 15.3. The number of benzene rings is 6. The van der Waals surface area contributed by atoms with Crippen molar-refractivity contribution in [1.82, 2.24) is 19.5 Å². The first-order valence-corrected chi connectivity index (χ1v) is 17.5. The van der Waals surface area contributed by atoms with Crippen molar-refractivity contribution in [1.29, 1.82) is 0 Å². The molecule has 1 aliphatic heterocycles. The molecule has 0 saturated heterocycles. The van der Waals surface area contributed by atoms with E-state index >= 15 is 0 Å². The minimum atomic E-state index is -0.615. The van der Waals surface area contributed by atoms with Gasteiger partial charge in [0.1, 0.15) is 11.2 Å². The highest BCUT2D eigenvalue weighted by Gasteiger charge is 2.54. The van der Waals surface area contributed by atoms with E-state index in [-0.39, 0.29) is 0 Å². The zero-order valence-corrected chi connectivity index (χ0v) is 28.4. The van der Waals surface area contributed by atoms with Gasteiger partial charge in [-0.05, 0) is 57.7 Å². The maximum atomic E-state index is 5.49. The number of hydrogen-bond donors (Lipinski definition) is 0. The predicted molar refractivity (Wildman–Crippen MR) is 212 cm³/mol. The van der Waals surface area contributed by atoms with Gasteiger partial charge in [-0.3, -0.25) is 4.57 Å². The molecule has 0 N–H and O–H groups in total. The highest BCUT2D eigenvalue weighted by molar-refractivity contribution is 5.99. The van der Waals surface area contributed by atoms with Crippen LogP contribution in [-0.4, -0.2) is 19.5 Å². The summed E-state index contributed by atoms with van der Waals surface area (Å²) in [4.78, 5) is 15.7. The number of hydrogen-bond acceptors (Lipinski definition) is 3. The highest BCUT2D eigenvalue weighted by Crippen LogP contribution is 2.60. The summed E-state index contributed by atoms with van der Waals surface area (Å²) >= 11 is 0. The van der Waals surface area contributed by atoms with Crippen LogP contribution in [0.4, 0.5) is 0 Å². The summed E-state index contributed by atoms with van der Waals surface area (Å²) < 4.78 is 2.37. The van der Waals surface area contributed by atoms with Crippen molar-refractivity contribution in [2.75, 3.05) is 0 Å². The quantitative estimate of drug-likeness (QED) is 0.178. The second-order valence-corrected chi connectivity index (χ2v) is 13.3. The maximum absolute atomic E-state index is 5.49. The first-order valence-electron chi connectivity index (χ1n) is 17.5. The van der Waals surface area contributed by atoms with E-state index in [9.17, 15) is 0 Å². The predicted octanol–water partition coefficient (Wildman–Crippen LogP) is 11.3. The van der Waals surface area contributed by atoms with Gasteiger partial charge < -0.3 is 0 Å². The van der Waals surface area contributed by atoms with Crippen LogP contribution in [0.5, 0.6) is 0 Å². The molecule has 6 aromatic carbocycles. The summed E-state index contributed by atoms with van der Waals surface area (Å²) in [5, 5.41) is 0. The van der Waals surface area contributed by atoms with E-state index in [2.05, 4.69) is 139 Å². The molecular weight excluding hydrogens is 633 g/mol. The minimum absolute atomic E-state index is 0.615. The normalized spacial score (nSPS) is 15.5. The Hall–Kier alpha value is -6.91. The van der Waals surface area contributed by atoms with Gasteiger partial charge in [-0.2, -0.15) is 0 Å². The van der Waals surface area contributed by atoms with Gasteiger partial charge in [-0.25, -0.2) is 15.0 Å². The van der Waals surface area contributed by atoms with E-state index in [1.54, 1.807) is 0 Å². The summed E-state index contributed by atoms with van der Waals surface area (Å²) in [6, 6.07) is 55.0. The van der Waals surface area contributed by atoms with Crippen molar-refractivity contribution in [2.24, 2.45) is 0 Å². The van der Waals surface area contributed by atoms with Crippen LogP contribution in [0.2, 0.25) is 0 Å². The van der Waals surface area contributed by atoms with Crippen molar-refractivity contribution < 1.29 is 0 Å². The molecule has 0 saturated carbocycles. The lowest BCUT2D eigenvalue weighted by molar-refractivity contribution is 0.732. The zero-order valence-electron chi connectivity index (χ0n) is 28.4. The number of para-hydroxylation sites is 2. The molecule has 4 heteroatoms. The molecule has 1 aliphatic carbocycles. The second-order valence-electron chi connectivity index (χ2n) is 13.3. The molecule has 1 spiro atoms. The lowest BCUT2D eigenvalue weighted by Gasteiger charge is -2.28. The monoisotopic (exact) mass is 664 g/mol. The van der Waals surface area contributed by atoms with E-state index in [0.717, 1.165) is 72.9 Å². The Labute approximate surface area is 302 Å². The Morgan fingerprint density at radius 1 is 0.500 bits per heavy atom. The van der Waals surface area contributed by atoms with E-state index in [1.165, 1.54) is 16.7 Å². The number of aromatic nitrogens is 4. The van der Waals surface area contributed by atoms with E-state index in [0.29, 0.717) is 5.82 Å². The van der Waals surface area contributed by atoms with Crippen molar-refractivity contribution in [2.45, 2.75) is 5.41 Å². The molecule has 0 radical (unpaired) electrons. The van der Waals surface area contributed by atoms with E-state index < -0.39 is 5.41 Å². The molecule has 2 aliphatic rings. The molecule has 0 fully saturated rings. The SMILES string of the molecule is C=CC1=C(C=C)C2(c3ccccc31)c1ccccc1-n1c2nc2cccc(-c3cccc(-c4nc(-c5ccccc5)cc(-c5ccccc5)n4)c3)c21. The van der Waals surface area contributed by atoms with Crippen LogP contribution >= 0.6 is 0 Å². The second kappa shape index (κ2) is 11.6. The number of rotatable bonds is 6. The van der Waals surface area contributed by atoms with Crippen molar-refractivity contribution in [3.63, 3.8) is 0 Å². The molecule has 0 amide bonds. The number of fused-ring (bicyclic) bond motifs is 9. The van der Waals surface area contributed by atoms with Gasteiger partial charge >= 0.3 is 0 Å². The Bertz CT molecular complexity index is 2710. The smallest absolute Gasteiger partial charge is 0.160 e. The Morgan fingerprint density at radius 2 is 1.10 bits per heavy atom. The number of imidazole rings is 1. The van der Waals surface area contributed by atoms with Gasteiger partial charge in [0.2, 0.25) is 0 Å². The van der Waals surface area contributed by atoms with Crippen LogP contribution in [0.1, 0.15) is 22.5 Å². The minimum Gasteiger partial charge on any atom is -0.294 e.